The first-order valence-corrected chi connectivity index (χ1v) is 25.8. The van der Waals surface area contributed by atoms with Crippen molar-refractivity contribution in [3.05, 3.63) is 65.2 Å². The zero-order valence-electron chi connectivity index (χ0n) is 41.1. The third kappa shape index (κ3) is 31.8. The number of hydrogen-bond donors (Lipinski definition) is 6. The minimum atomic E-state index is 0.139. The molecular formula is C56H100O6. The van der Waals surface area contributed by atoms with Gasteiger partial charge in [0, 0.05) is 26.4 Å². The Labute approximate surface area is 382 Å². The van der Waals surface area contributed by atoms with Gasteiger partial charge in [-0.25, -0.2) is 0 Å². The molecule has 0 saturated heterocycles. The van der Waals surface area contributed by atoms with Crippen LogP contribution in [0.2, 0.25) is 0 Å². The van der Waals surface area contributed by atoms with Gasteiger partial charge in [-0.3, -0.25) is 0 Å². The number of unbranched alkanes of at least 4 members (excludes halogenated alkanes) is 2. The SMILES string of the molecule is CC1CCC(CCCCO)CC1.CC1CCC(CCCCO)CC1.CC1CCC(CCCO)CC1.CC1CCC(CCO)CC1.Cc1ccc(CO)cc1.Cc1ccc(O)cc1. The Morgan fingerprint density at radius 2 is 0.645 bits per heavy atom. The molecule has 6 heteroatoms. The Kier molecular flexibility index (Phi) is 35.9. The molecule has 0 bridgehead atoms. The Morgan fingerprint density at radius 1 is 0.355 bits per heavy atom. The highest BCUT2D eigenvalue weighted by Gasteiger charge is 2.19. The van der Waals surface area contributed by atoms with Gasteiger partial charge in [-0.05, 0) is 111 Å². The van der Waals surface area contributed by atoms with Crippen molar-refractivity contribution >= 4 is 0 Å². The first-order chi connectivity index (χ1) is 29.9. The van der Waals surface area contributed by atoms with Crippen LogP contribution in [0.1, 0.15) is 205 Å². The van der Waals surface area contributed by atoms with Crippen LogP contribution in [0.4, 0.5) is 0 Å². The second kappa shape index (κ2) is 38.3. The average Bonchev–Trinajstić information content (AvgIpc) is 3.28. The van der Waals surface area contributed by atoms with Gasteiger partial charge in [0.1, 0.15) is 5.75 Å². The summed E-state index contributed by atoms with van der Waals surface area (Å²) in [4.78, 5) is 0. The summed E-state index contributed by atoms with van der Waals surface area (Å²) < 4.78 is 0. The topological polar surface area (TPSA) is 121 Å². The molecule has 0 aromatic heterocycles. The number of benzene rings is 2. The lowest BCUT2D eigenvalue weighted by Gasteiger charge is -2.25. The number of aromatic hydroxyl groups is 1. The number of aryl methyl sites for hydroxylation is 2. The largest absolute Gasteiger partial charge is 0.508 e. The van der Waals surface area contributed by atoms with E-state index in [1.165, 1.54) is 146 Å². The predicted molar refractivity (Wildman–Crippen MR) is 264 cm³/mol. The van der Waals surface area contributed by atoms with Crippen LogP contribution in [-0.4, -0.2) is 57.1 Å². The van der Waals surface area contributed by atoms with Gasteiger partial charge in [-0.15, -0.1) is 0 Å². The first-order valence-electron chi connectivity index (χ1n) is 25.8. The second-order valence-corrected chi connectivity index (χ2v) is 20.3. The summed E-state index contributed by atoms with van der Waals surface area (Å²) in [6.45, 7) is 15.1. The quantitative estimate of drug-likeness (QED) is 0.105. The summed E-state index contributed by atoms with van der Waals surface area (Å²) in [5, 5.41) is 52.0. The normalized spacial score (nSPS) is 25.6. The molecule has 0 spiro atoms. The Morgan fingerprint density at radius 3 is 0.919 bits per heavy atom. The van der Waals surface area contributed by atoms with Crippen molar-refractivity contribution in [2.75, 3.05) is 26.4 Å². The lowest BCUT2D eigenvalue weighted by atomic mass is 9.81. The van der Waals surface area contributed by atoms with E-state index in [-0.39, 0.29) is 6.61 Å². The third-order valence-electron chi connectivity index (χ3n) is 14.2. The van der Waals surface area contributed by atoms with Crippen LogP contribution in [0.25, 0.3) is 0 Å². The van der Waals surface area contributed by atoms with E-state index < -0.39 is 0 Å². The lowest BCUT2D eigenvalue weighted by molar-refractivity contribution is 0.211. The maximum atomic E-state index is 8.76. The fourth-order valence-electron chi connectivity index (χ4n) is 9.36. The van der Waals surface area contributed by atoms with Crippen molar-refractivity contribution < 1.29 is 30.6 Å². The van der Waals surface area contributed by atoms with E-state index in [2.05, 4.69) is 27.7 Å². The Balaban J connectivity index is 0.000000374. The molecule has 0 amide bonds. The van der Waals surface area contributed by atoms with Crippen molar-refractivity contribution in [1.82, 2.24) is 0 Å². The van der Waals surface area contributed by atoms with Gasteiger partial charge in [0.25, 0.3) is 0 Å². The third-order valence-corrected chi connectivity index (χ3v) is 14.2. The molecule has 0 radical (unpaired) electrons. The molecule has 62 heavy (non-hydrogen) atoms. The van der Waals surface area contributed by atoms with Crippen molar-refractivity contribution in [2.45, 2.75) is 209 Å². The molecule has 2 aromatic rings. The molecule has 6 nitrogen and oxygen atoms in total. The van der Waals surface area contributed by atoms with Crippen LogP contribution in [0, 0.1) is 61.2 Å². The van der Waals surface area contributed by atoms with E-state index in [9.17, 15) is 0 Å². The fourth-order valence-corrected chi connectivity index (χ4v) is 9.36. The molecule has 0 atom stereocenters. The average molecular weight is 869 g/mol. The molecule has 0 heterocycles. The van der Waals surface area contributed by atoms with E-state index in [0.29, 0.717) is 32.2 Å². The molecule has 4 aliphatic carbocycles. The van der Waals surface area contributed by atoms with E-state index in [0.717, 1.165) is 78.6 Å². The summed E-state index contributed by atoms with van der Waals surface area (Å²) in [6, 6.07) is 14.9. The Hall–Kier alpha value is -1.96. The number of hydrogen-bond acceptors (Lipinski definition) is 6. The van der Waals surface area contributed by atoms with Crippen LogP contribution in [0.3, 0.4) is 0 Å². The number of phenolic OH excluding ortho intramolecular Hbond substituents is 1. The fraction of sp³-hybridized carbons (Fsp3) is 0.786. The molecule has 4 saturated carbocycles. The summed E-state index contributed by atoms with van der Waals surface area (Å²) in [7, 11) is 0. The van der Waals surface area contributed by atoms with Gasteiger partial charge in [0.2, 0.25) is 0 Å². The number of phenols is 1. The highest BCUT2D eigenvalue weighted by molar-refractivity contribution is 5.24. The van der Waals surface area contributed by atoms with Crippen LogP contribution >= 0.6 is 0 Å². The molecule has 360 valence electrons. The molecule has 2 aromatic carbocycles. The standard InChI is InChI=1S/2C11H22O.C10H20O.C9H18O.C8H10O.C7H8O/c2*1-10-5-7-11(8-6-10)4-2-3-9-12;1-9-4-6-10(7-5-9)3-2-8-11;1-8-2-4-9(5-3-8)6-7-10;1-7-2-4-8(6-9)5-3-7;1-6-2-4-7(8)5-3-6/h2*10-12H,2-9H2,1H3;9-11H,2-8H2,1H3;8-10H,2-7H2,1H3;2-5,9H,6H2,1H3;2-5,8H,1H3. The van der Waals surface area contributed by atoms with E-state index in [4.69, 9.17) is 30.6 Å². The molecule has 6 rings (SSSR count). The maximum Gasteiger partial charge on any atom is 0.115 e. The zero-order valence-corrected chi connectivity index (χ0v) is 41.1. The van der Waals surface area contributed by atoms with Crippen LogP contribution in [0.5, 0.6) is 5.75 Å². The van der Waals surface area contributed by atoms with Crippen LogP contribution in [0.15, 0.2) is 48.5 Å². The van der Waals surface area contributed by atoms with Gasteiger partial charge in [-0.2, -0.15) is 0 Å². The lowest BCUT2D eigenvalue weighted by Crippen LogP contribution is -2.13. The summed E-state index contributed by atoms with van der Waals surface area (Å²) in [5.74, 6) is 7.89. The molecule has 4 fully saturated rings. The number of aliphatic hydroxyl groups is 5. The minimum Gasteiger partial charge on any atom is -0.508 e. The van der Waals surface area contributed by atoms with Gasteiger partial charge < -0.3 is 30.6 Å². The van der Waals surface area contributed by atoms with E-state index >= 15 is 0 Å². The van der Waals surface area contributed by atoms with Gasteiger partial charge >= 0.3 is 0 Å². The number of rotatable bonds is 14. The van der Waals surface area contributed by atoms with Crippen molar-refractivity contribution in [3.63, 3.8) is 0 Å². The van der Waals surface area contributed by atoms with Crippen molar-refractivity contribution in [1.29, 1.82) is 0 Å². The molecular weight excluding hydrogens is 769 g/mol. The Bertz CT molecular complexity index is 1170. The first kappa shape index (κ1) is 58.1. The molecule has 0 unspecified atom stereocenters. The van der Waals surface area contributed by atoms with Crippen molar-refractivity contribution in [2.24, 2.45) is 47.3 Å². The van der Waals surface area contributed by atoms with Gasteiger partial charge in [0.05, 0.1) is 6.61 Å². The second-order valence-electron chi connectivity index (χ2n) is 20.3. The monoisotopic (exact) mass is 869 g/mol. The molecule has 0 aliphatic heterocycles. The van der Waals surface area contributed by atoms with Crippen molar-refractivity contribution in [3.8, 4) is 5.75 Å². The molecule has 6 N–H and O–H groups in total. The van der Waals surface area contributed by atoms with Gasteiger partial charge in [0.15, 0.2) is 0 Å². The van der Waals surface area contributed by atoms with Gasteiger partial charge in [-0.1, -0.05) is 204 Å². The van der Waals surface area contributed by atoms with Crippen LogP contribution < -0.4 is 0 Å². The molecule has 4 aliphatic rings. The summed E-state index contributed by atoms with van der Waals surface area (Å²) >= 11 is 0. The van der Waals surface area contributed by atoms with E-state index in [1.807, 2.05) is 50.2 Å². The smallest absolute Gasteiger partial charge is 0.115 e. The number of aliphatic hydroxyl groups excluding tert-OH is 5. The van der Waals surface area contributed by atoms with Crippen LogP contribution in [-0.2, 0) is 6.61 Å². The zero-order chi connectivity index (χ0) is 45.8. The van der Waals surface area contributed by atoms with E-state index in [1.54, 1.807) is 12.1 Å². The summed E-state index contributed by atoms with van der Waals surface area (Å²) in [6.07, 6.45) is 33.1. The highest BCUT2D eigenvalue weighted by Crippen LogP contribution is 2.33. The predicted octanol–water partition coefficient (Wildman–Crippen LogP) is 13.9. The summed E-state index contributed by atoms with van der Waals surface area (Å²) in [5.41, 5.74) is 3.37. The minimum absolute atomic E-state index is 0.139. The maximum absolute atomic E-state index is 8.76. The highest BCUT2D eigenvalue weighted by atomic mass is 16.3.